The van der Waals surface area contributed by atoms with E-state index in [-0.39, 0.29) is 24.5 Å². The molecule has 0 radical (unpaired) electrons. The highest BCUT2D eigenvalue weighted by molar-refractivity contribution is 6.30. The minimum atomic E-state index is -0.0509. The van der Waals surface area contributed by atoms with Gasteiger partial charge in [0.05, 0.1) is 0 Å². The molecule has 1 aliphatic heterocycles. The highest BCUT2D eigenvalue weighted by Crippen LogP contribution is 2.16. The van der Waals surface area contributed by atoms with E-state index in [0.29, 0.717) is 48.7 Å². The summed E-state index contributed by atoms with van der Waals surface area (Å²) in [5, 5.41) is 8.39. The van der Waals surface area contributed by atoms with Gasteiger partial charge in [0.2, 0.25) is 11.8 Å². The van der Waals surface area contributed by atoms with Crippen molar-refractivity contribution in [1.82, 2.24) is 15.1 Å². The zero-order valence-corrected chi connectivity index (χ0v) is 14.7. The maximum absolute atomic E-state index is 12.3. The lowest BCUT2D eigenvalue weighted by Crippen LogP contribution is -2.49. The molecule has 25 heavy (non-hydrogen) atoms. The van der Waals surface area contributed by atoms with Gasteiger partial charge in [0.15, 0.2) is 5.78 Å². The number of anilines is 1. The summed E-state index contributed by atoms with van der Waals surface area (Å²) in [5.41, 5.74) is 0.578. The molecule has 0 spiro atoms. The zero-order chi connectivity index (χ0) is 17.8. The number of hydrogen-bond acceptors (Lipinski definition) is 6. The molecule has 8 heteroatoms. The molecule has 1 aliphatic rings. The molecule has 0 saturated carbocycles. The molecule has 1 saturated heterocycles. The number of carbonyl (C=O) groups excluding carboxylic acids is 2. The van der Waals surface area contributed by atoms with Crippen molar-refractivity contribution in [3.05, 3.63) is 40.7 Å². The molecule has 1 aromatic heterocycles. The largest absolute Gasteiger partial charge is 0.408 e. The van der Waals surface area contributed by atoms with Crippen molar-refractivity contribution >= 4 is 29.3 Å². The van der Waals surface area contributed by atoms with Crippen LogP contribution in [0.2, 0.25) is 5.02 Å². The van der Waals surface area contributed by atoms with Crippen LogP contribution < -0.4 is 4.90 Å². The number of aryl methyl sites for hydroxylation is 1. The Bertz CT molecular complexity index is 752. The van der Waals surface area contributed by atoms with Gasteiger partial charge in [-0.2, -0.15) is 0 Å². The van der Waals surface area contributed by atoms with E-state index < -0.39 is 0 Å². The maximum atomic E-state index is 12.3. The molecule has 1 amide bonds. The van der Waals surface area contributed by atoms with E-state index in [1.165, 1.54) is 0 Å². The van der Waals surface area contributed by atoms with Gasteiger partial charge < -0.3 is 14.2 Å². The summed E-state index contributed by atoms with van der Waals surface area (Å²) >= 11 is 5.81. The molecule has 2 aromatic rings. The first-order valence-electron chi connectivity index (χ1n) is 8.14. The summed E-state index contributed by atoms with van der Waals surface area (Å²) in [6, 6.07) is 7.20. The molecule has 1 aromatic carbocycles. The van der Waals surface area contributed by atoms with Gasteiger partial charge in [0.25, 0.3) is 0 Å². The summed E-state index contributed by atoms with van der Waals surface area (Å²) in [4.78, 5) is 28.2. The normalized spacial score (nSPS) is 14.6. The SMILES string of the molecule is Cc1nnc(N2CCN(C(=O)CCC(=O)c3ccc(Cl)cc3)CC2)o1. The van der Waals surface area contributed by atoms with Gasteiger partial charge in [0.1, 0.15) is 0 Å². The van der Waals surface area contributed by atoms with Gasteiger partial charge in [-0.05, 0) is 24.3 Å². The van der Waals surface area contributed by atoms with Crippen LogP contribution in [0.15, 0.2) is 28.7 Å². The van der Waals surface area contributed by atoms with Crippen LogP contribution in [0.3, 0.4) is 0 Å². The Labute approximate surface area is 150 Å². The lowest BCUT2D eigenvalue weighted by Gasteiger charge is -2.33. The van der Waals surface area contributed by atoms with Crippen LogP contribution in [0.4, 0.5) is 6.01 Å². The van der Waals surface area contributed by atoms with Crippen LogP contribution in [0.5, 0.6) is 0 Å². The Morgan fingerprint density at radius 1 is 1.08 bits per heavy atom. The van der Waals surface area contributed by atoms with E-state index in [1.807, 2.05) is 4.90 Å². The fourth-order valence-electron chi connectivity index (χ4n) is 2.72. The van der Waals surface area contributed by atoms with Crippen molar-refractivity contribution in [2.45, 2.75) is 19.8 Å². The first-order valence-corrected chi connectivity index (χ1v) is 8.52. The minimum Gasteiger partial charge on any atom is -0.408 e. The molecule has 1 fully saturated rings. The average Bonchev–Trinajstić information content (AvgIpc) is 3.06. The van der Waals surface area contributed by atoms with E-state index in [2.05, 4.69) is 10.2 Å². The third-order valence-corrected chi connectivity index (χ3v) is 4.40. The van der Waals surface area contributed by atoms with Crippen molar-refractivity contribution in [2.24, 2.45) is 0 Å². The fraction of sp³-hybridized carbons (Fsp3) is 0.412. The molecule has 132 valence electrons. The smallest absolute Gasteiger partial charge is 0.318 e. The molecule has 0 unspecified atom stereocenters. The number of rotatable bonds is 5. The zero-order valence-electron chi connectivity index (χ0n) is 13.9. The van der Waals surface area contributed by atoms with Crippen molar-refractivity contribution in [2.75, 3.05) is 31.1 Å². The molecule has 7 nitrogen and oxygen atoms in total. The number of aromatic nitrogens is 2. The van der Waals surface area contributed by atoms with Crippen LogP contribution in [-0.2, 0) is 4.79 Å². The third-order valence-electron chi connectivity index (χ3n) is 4.15. The highest BCUT2D eigenvalue weighted by Gasteiger charge is 2.24. The van der Waals surface area contributed by atoms with Crippen LogP contribution in [0, 0.1) is 6.92 Å². The Morgan fingerprint density at radius 2 is 1.76 bits per heavy atom. The first-order chi connectivity index (χ1) is 12.0. The summed E-state index contributed by atoms with van der Waals surface area (Å²) < 4.78 is 5.40. The van der Waals surface area contributed by atoms with Crippen molar-refractivity contribution in [3.8, 4) is 0 Å². The fourth-order valence-corrected chi connectivity index (χ4v) is 2.85. The Hall–Kier alpha value is -2.41. The Balaban J connectivity index is 1.46. The Kier molecular flexibility index (Phi) is 5.33. The summed E-state index contributed by atoms with van der Waals surface area (Å²) in [6.45, 7) is 4.18. The summed E-state index contributed by atoms with van der Waals surface area (Å²) in [5.74, 6) is 0.461. The molecule has 0 aliphatic carbocycles. The average molecular weight is 363 g/mol. The number of halogens is 1. The first kappa shape index (κ1) is 17.4. The lowest BCUT2D eigenvalue weighted by molar-refractivity contribution is -0.131. The number of carbonyl (C=O) groups is 2. The predicted molar refractivity (Wildman–Crippen MR) is 92.8 cm³/mol. The number of Topliss-reactive ketones (excluding diaryl/α,β-unsaturated/α-hetero) is 1. The quantitative estimate of drug-likeness (QED) is 0.759. The lowest BCUT2D eigenvalue weighted by atomic mass is 10.1. The van der Waals surface area contributed by atoms with Crippen molar-refractivity contribution in [1.29, 1.82) is 0 Å². The van der Waals surface area contributed by atoms with Gasteiger partial charge in [-0.15, -0.1) is 5.10 Å². The van der Waals surface area contributed by atoms with E-state index in [4.69, 9.17) is 16.0 Å². The van der Waals surface area contributed by atoms with Crippen LogP contribution in [0.25, 0.3) is 0 Å². The van der Waals surface area contributed by atoms with Crippen molar-refractivity contribution < 1.29 is 14.0 Å². The second kappa shape index (κ2) is 7.65. The molecular weight excluding hydrogens is 344 g/mol. The standard InChI is InChI=1S/C17H19ClN4O3/c1-12-19-20-17(25-12)22-10-8-21(9-11-22)16(24)7-6-15(23)13-2-4-14(18)5-3-13/h2-5H,6-11H2,1H3. The highest BCUT2D eigenvalue weighted by atomic mass is 35.5. The molecule has 3 rings (SSSR count). The van der Waals surface area contributed by atoms with Gasteiger partial charge in [0, 0.05) is 56.5 Å². The van der Waals surface area contributed by atoms with Gasteiger partial charge in [-0.3, -0.25) is 9.59 Å². The second-order valence-corrected chi connectivity index (χ2v) is 6.34. The molecule has 0 bridgehead atoms. The van der Waals surface area contributed by atoms with Gasteiger partial charge in [-0.1, -0.05) is 16.7 Å². The van der Waals surface area contributed by atoms with E-state index in [0.717, 1.165) is 0 Å². The molecule has 0 atom stereocenters. The number of ketones is 1. The van der Waals surface area contributed by atoms with E-state index in [9.17, 15) is 9.59 Å². The topological polar surface area (TPSA) is 79.5 Å². The number of hydrogen-bond donors (Lipinski definition) is 0. The second-order valence-electron chi connectivity index (χ2n) is 5.90. The number of amides is 1. The van der Waals surface area contributed by atoms with E-state index in [1.54, 1.807) is 36.1 Å². The van der Waals surface area contributed by atoms with Crippen LogP contribution in [0.1, 0.15) is 29.1 Å². The number of piperazine rings is 1. The minimum absolute atomic E-state index is 0.0105. The van der Waals surface area contributed by atoms with Crippen LogP contribution >= 0.6 is 11.6 Å². The summed E-state index contributed by atoms with van der Waals surface area (Å²) in [7, 11) is 0. The summed E-state index contributed by atoms with van der Waals surface area (Å²) in [6.07, 6.45) is 0.407. The predicted octanol–water partition coefficient (Wildman–Crippen LogP) is 2.34. The molecule has 2 heterocycles. The molecule has 0 N–H and O–H groups in total. The van der Waals surface area contributed by atoms with Gasteiger partial charge >= 0.3 is 6.01 Å². The maximum Gasteiger partial charge on any atom is 0.318 e. The monoisotopic (exact) mass is 362 g/mol. The van der Waals surface area contributed by atoms with Crippen molar-refractivity contribution in [3.63, 3.8) is 0 Å². The molecular formula is C17H19ClN4O3. The third kappa shape index (κ3) is 4.36. The van der Waals surface area contributed by atoms with Crippen LogP contribution in [-0.4, -0.2) is 53.0 Å². The van der Waals surface area contributed by atoms with E-state index >= 15 is 0 Å². The number of nitrogens with zero attached hydrogens (tertiary/aromatic N) is 4. The van der Waals surface area contributed by atoms with Gasteiger partial charge in [-0.25, -0.2) is 0 Å². The Morgan fingerprint density at radius 3 is 2.36 bits per heavy atom. The number of benzene rings is 1.